The Balaban J connectivity index is 3.15. The fourth-order valence-electron chi connectivity index (χ4n) is 1.19. The van der Waals surface area contributed by atoms with Gasteiger partial charge in [-0.2, -0.15) is 8.78 Å². The maximum absolute atomic E-state index is 13.3. The van der Waals surface area contributed by atoms with Crippen molar-refractivity contribution in [3.63, 3.8) is 0 Å². The van der Waals surface area contributed by atoms with Crippen LogP contribution < -0.4 is 0 Å². The predicted octanol–water partition coefficient (Wildman–Crippen LogP) is 2.83. The third-order valence-corrected chi connectivity index (χ3v) is 1.83. The Bertz CT molecular complexity index is 485. The Kier molecular flexibility index (Phi) is 3.64. The van der Waals surface area contributed by atoms with E-state index in [2.05, 4.69) is 0 Å². The number of nitro groups is 1. The first-order valence-corrected chi connectivity index (χ1v) is 4.98. The number of rotatable bonds is 2. The molecule has 0 heterocycles. The molecule has 0 aliphatic carbocycles. The summed E-state index contributed by atoms with van der Waals surface area (Å²) in [5.74, 6) is -3.78. The van der Waals surface area contributed by atoms with E-state index < -0.39 is 39.4 Å². The van der Waals surface area contributed by atoms with Crippen molar-refractivity contribution < 1.29 is 23.2 Å². The molecule has 0 aliphatic heterocycles. The molecule has 0 N–H and O–H groups in total. The molecule has 5 nitrogen and oxygen atoms in total. The Labute approximate surface area is 102 Å². The molecule has 0 saturated heterocycles. The average Bonchev–Trinajstić information content (AvgIpc) is 2.12. The molecule has 0 bridgehead atoms. The Hall–Kier alpha value is -2.05. The van der Waals surface area contributed by atoms with E-state index in [0.717, 1.165) is 0 Å². The van der Waals surface area contributed by atoms with Gasteiger partial charge >= 0.3 is 11.7 Å². The van der Waals surface area contributed by atoms with Crippen LogP contribution in [0.25, 0.3) is 0 Å². The first-order valence-electron chi connectivity index (χ1n) is 4.98. The summed E-state index contributed by atoms with van der Waals surface area (Å²) in [6.45, 7) is 4.76. The third-order valence-electron chi connectivity index (χ3n) is 1.83. The van der Waals surface area contributed by atoms with Crippen molar-refractivity contribution in [2.75, 3.05) is 0 Å². The quantitative estimate of drug-likeness (QED) is 0.465. The Morgan fingerprint density at radius 3 is 2.06 bits per heavy atom. The van der Waals surface area contributed by atoms with E-state index >= 15 is 0 Å². The fourth-order valence-corrected chi connectivity index (χ4v) is 1.19. The SMILES string of the molecule is CC(C)(C)OC(=O)c1cc(F)c([N+](=O)[O-])c(F)c1. The summed E-state index contributed by atoms with van der Waals surface area (Å²) in [7, 11) is 0. The monoisotopic (exact) mass is 259 g/mol. The highest BCUT2D eigenvalue weighted by Crippen LogP contribution is 2.24. The lowest BCUT2D eigenvalue weighted by Gasteiger charge is -2.19. The van der Waals surface area contributed by atoms with Crippen LogP contribution in [0.5, 0.6) is 0 Å². The molecule has 0 radical (unpaired) electrons. The molecule has 1 aromatic rings. The van der Waals surface area contributed by atoms with Crippen LogP contribution in [0.4, 0.5) is 14.5 Å². The van der Waals surface area contributed by atoms with Gasteiger partial charge in [0.15, 0.2) is 0 Å². The topological polar surface area (TPSA) is 69.4 Å². The van der Waals surface area contributed by atoms with Crippen molar-refractivity contribution in [2.45, 2.75) is 26.4 Å². The molecule has 18 heavy (non-hydrogen) atoms. The van der Waals surface area contributed by atoms with Gasteiger partial charge in [-0.05, 0) is 32.9 Å². The highest BCUT2D eigenvalue weighted by Gasteiger charge is 2.26. The van der Waals surface area contributed by atoms with Gasteiger partial charge in [0.2, 0.25) is 11.6 Å². The summed E-state index contributed by atoms with van der Waals surface area (Å²) < 4.78 is 31.4. The second-order valence-corrected chi connectivity index (χ2v) is 4.55. The molecule has 0 amide bonds. The molecule has 0 aliphatic rings. The number of carbonyl (C=O) groups excluding carboxylic acids is 1. The van der Waals surface area contributed by atoms with E-state index in [-0.39, 0.29) is 0 Å². The number of nitrogens with zero attached hydrogens (tertiary/aromatic N) is 1. The molecular formula is C11H11F2NO4. The second-order valence-electron chi connectivity index (χ2n) is 4.55. The molecular weight excluding hydrogens is 248 g/mol. The van der Waals surface area contributed by atoms with Crippen molar-refractivity contribution in [1.82, 2.24) is 0 Å². The summed E-state index contributed by atoms with van der Waals surface area (Å²) in [4.78, 5) is 20.7. The van der Waals surface area contributed by atoms with E-state index in [4.69, 9.17) is 4.74 Å². The molecule has 1 aromatic carbocycles. The highest BCUT2D eigenvalue weighted by molar-refractivity contribution is 5.90. The van der Waals surface area contributed by atoms with Crippen molar-refractivity contribution in [3.8, 4) is 0 Å². The summed E-state index contributed by atoms with van der Waals surface area (Å²) in [6.07, 6.45) is 0. The number of benzene rings is 1. The maximum Gasteiger partial charge on any atom is 0.340 e. The standard InChI is InChI=1S/C11H11F2NO4/c1-11(2,3)18-10(15)6-4-7(12)9(14(16)17)8(13)5-6/h4-5H,1-3H3. The second kappa shape index (κ2) is 4.67. The van der Waals surface area contributed by atoms with Gasteiger partial charge in [0.25, 0.3) is 0 Å². The van der Waals surface area contributed by atoms with Gasteiger partial charge in [0, 0.05) is 0 Å². The zero-order chi connectivity index (χ0) is 14.1. The largest absolute Gasteiger partial charge is 0.456 e. The van der Waals surface area contributed by atoms with Gasteiger partial charge in [0.1, 0.15) is 5.60 Å². The first-order chi connectivity index (χ1) is 8.11. The van der Waals surface area contributed by atoms with Crippen LogP contribution in [0.2, 0.25) is 0 Å². The lowest BCUT2D eigenvalue weighted by molar-refractivity contribution is -0.390. The molecule has 0 atom stereocenters. The minimum absolute atomic E-state index is 0.412. The van der Waals surface area contributed by atoms with E-state index in [1.54, 1.807) is 20.8 Å². The summed E-state index contributed by atoms with van der Waals surface area (Å²) in [5.41, 5.74) is -2.53. The lowest BCUT2D eigenvalue weighted by atomic mass is 10.1. The van der Waals surface area contributed by atoms with Crippen molar-refractivity contribution in [1.29, 1.82) is 0 Å². The molecule has 0 fully saturated rings. The van der Waals surface area contributed by atoms with Crippen molar-refractivity contribution >= 4 is 11.7 Å². The molecule has 0 unspecified atom stereocenters. The summed E-state index contributed by atoms with van der Waals surface area (Å²) >= 11 is 0. The van der Waals surface area contributed by atoms with Crippen LogP contribution in [-0.4, -0.2) is 16.5 Å². The number of esters is 1. The number of ether oxygens (including phenoxy) is 1. The van der Waals surface area contributed by atoms with Crippen LogP contribution in [0.1, 0.15) is 31.1 Å². The smallest absolute Gasteiger partial charge is 0.340 e. The molecule has 98 valence electrons. The normalized spacial score (nSPS) is 11.2. The molecule has 1 rings (SSSR count). The van der Waals surface area contributed by atoms with E-state index in [0.29, 0.717) is 12.1 Å². The number of nitro benzene ring substituents is 1. The average molecular weight is 259 g/mol. The Morgan fingerprint density at radius 1 is 1.28 bits per heavy atom. The van der Waals surface area contributed by atoms with Gasteiger partial charge in [-0.15, -0.1) is 0 Å². The van der Waals surface area contributed by atoms with Crippen LogP contribution in [0.3, 0.4) is 0 Å². The number of carbonyl (C=O) groups is 1. The molecule has 0 saturated carbocycles. The van der Waals surface area contributed by atoms with Gasteiger partial charge < -0.3 is 4.74 Å². The maximum atomic E-state index is 13.3. The minimum atomic E-state index is -1.42. The van der Waals surface area contributed by atoms with Gasteiger partial charge in [-0.25, -0.2) is 4.79 Å². The summed E-state index contributed by atoms with van der Waals surface area (Å²) in [5, 5.41) is 10.4. The molecule has 7 heteroatoms. The van der Waals surface area contributed by atoms with Crippen molar-refractivity contribution in [3.05, 3.63) is 39.4 Å². The van der Waals surface area contributed by atoms with Crippen LogP contribution in [0, 0.1) is 21.7 Å². The number of halogens is 2. The van der Waals surface area contributed by atoms with Crippen LogP contribution in [-0.2, 0) is 4.74 Å². The van der Waals surface area contributed by atoms with E-state index in [9.17, 15) is 23.7 Å². The van der Waals surface area contributed by atoms with Crippen LogP contribution >= 0.6 is 0 Å². The van der Waals surface area contributed by atoms with E-state index in [1.165, 1.54) is 0 Å². The number of hydrogen-bond donors (Lipinski definition) is 0. The number of hydrogen-bond acceptors (Lipinski definition) is 4. The fraction of sp³-hybridized carbons (Fsp3) is 0.364. The molecule has 0 aromatic heterocycles. The van der Waals surface area contributed by atoms with E-state index in [1.807, 2.05) is 0 Å². The summed E-state index contributed by atoms with van der Waals surface area (Å²) in [6, 6.07) is 1.16. The van der Waals surface area contributed by atoms with Gasteiger partial charge in [-0.1, -0.05) is 0 Å². The minimum Gasteiger partial charge on any atom is -0.456 e. The Morgan fingerprint density at radius 2 is 1.72 bits per heavy atom. The van der Waals surface area contributed by atoms with Crippen molar-refractivity contribution in [2.24, 2.45) is 0 Å². The lowest BCUT2D eigenvalue weighted by Crippen LogP contribution is -2.24. The van der Waals surface area contributed by atoms with Crippen LogP contribution in [0.15, 0.2) is 12.1 Å². The zero-order valence-electron chi connectivity index (χ0n) is 9.99. The highest BCUT2D eigenvalue weighted by atomic mass is 19.1. The first kappa shape index (κ1) is 14.0. The predicted molar refractivity (Wildman–Crippen MR) is 58.2 cm³/mol. The van der Waals surface area contributed by atoms with Gasteiger partial charge in [-0.3, -0.25) is 10.1 Å². The third kappa shape index (κ3) is 3.22. The zero-order valence-corrected chi connectivity index (χ0v) is 9.99. The van der Waals surface area contributed by atoms with Gasteiger partial charge in [0.05, 0.1) is 10.5 Å². The molecule has 0 spiro atoms.